The predicted octanol–water partition coefficient (Wildman–Crippen LogP) is 4.11. The predicted molar refractivity (Wildman–Crippen MR) is 129 cm³/mol. The van der Waals surface area contributed by atoms with Gasteiger partial charge in [0.15, 0.2) is 0 Å². The first-order chi connectivity index (χ1) is 15.4. The lowest BCUT2D eigenvalue weighted by molar-refractivity contribution is -0.134. The van der Waals surface area contributed by atoms with Crippen molar-refractivity contribution in [2.45, 2.75) is 63.6 Å². The van der Waals surface area contributed by atoms with Gasteiger partial charge in [0.2, 0.25) is 5.91 Å². The zero-order valence-corrected chi connectivity index (χ0v) is 19.3. The quantitative estimate of drug-likeness (QED) is 0.638. The molecule has 172 valence electrons. The molecule has 1 heterocycles. The molecular weight excluding hydrogens is 398 g/mol. The zero-order chi connectivity index (χ0) is 22.7. The van der Waals surface area contributed by atoms with Gasteiger partial charge in [0.05, 0.1) is 18.2 Å². The summed E-state index contributed by atoms with van der Waals surface area (Å²) in [7, 11) is 1.90. The van der Waals surface area contributed by atoms with Crippen LogP contribution in [-0.4, -0.2) is 41.7 Å². The fraction of sp³-hybridized carbons (Fsp3) is 0.519. The summed E-state index contributed by atoms with van der Waals surface area (Å²) in [5.41, 5.74) is 11.3. The molecule has 4 N–H and O–H groups in total. The maximum absolute atomic E-state index is 13.3. The molecule has 5 unspecified atom stereocenters. The van der Waals surface area contributed by atoms with Crippen molar-refractivity contribution in [3.05, 3.63) is 65.2 Å². The molecule has 0 spiro atoms. The SMILES string of the molecule is CC1CC(O)CCC1CC(N)C(=O)N(C)C1CCNc2ccc(Cc3ccccc3)cc21. The van der Waals surface area contributed by atoms with E-state index in [4.69, 9.17) is 5.73 Å². The molecule has 1 aliphatic carbocycles. The Labute approximate surface area is 192 Å². The van der Waals surface area contributed by atoms with Crippen molar-refractivity contribution in [3.8, 4) is 0 Å². The van der Waals surface area contributed by atoms with Crippen molar-refractivity contribution in [1.29, 1.82) is 0 Å². The number of amides is 1. The van der Waals surface area contributed by atoms with Crippen molar-refractivity contribution in [2.75, 3.05) is 18.9 Å². The number of anilines is 1. The van der Waals surface area contributed by atoms with Crippen molar-refractivity contribution < 1.29 is 9.90 Å². The first kappa shape index (κ1) is 22.8. The highest BCUT2D eigenvalue weighted by atomic mass is 16.3. The minimum atomic E-state index is -0.492. The Balaban J connectivity index is 1.46. The molecule has 1 fully saturated rings. The van der Waals surface area contributed by atoms with Crippen LogP contribution in [-0.2, 0) is 11.2 Å². The molecular formula is C27H37N3O2. The van der Waals surface area contributed by atoms with Crippen molar-refractivity contribution >= 4 is 11.6 Å². The van der Waals surface area contributed by atoms with Crippen molar-refractivity contribution in [2.24, 2.45) is 17.6 Å². The Morgan fingerprint density at radius 3 is 2.69 bits per heavy atom. The highest BCUT2D eigenvalue weighted by molar-refractivity contribution is 5.82. The summed E-state index contributed by atoms with van der Waals surface area (Å²) < 4.78 is 0. The molecule has 4 rings (SSSR count). The third-order valence-corrected chi connectivity index (χ3v) is 7.47. The molecule has 2 aliphatic rings. The highest BCUT2D eigenvalue weighted by Crippen LogP contribution is 2.36. The number of rotatable bonds is 6. The lowest BCUT2D eigenvalue weighted by Gasteiger charge is -2.37. The smallest absolute Gasteiger partial charge is 0.239 e. The normalized spacial score (nSPS) is 26.0. The maximum atomic E-state index is 13.3. The van der Waals surface area contributed by atoms with Crippen LogP contribution in [0.2, 0.25) is 0 Å². The molecule has 1 amide bonds. The van der Waals surface area contributed by atoms with Crippen LogP contribution in [0, 0.1) is 11.8 Å². The molecule has 1 saturated carbocycles. The third-order valence-electron chi connectivity index (χ3n) is 7.47. The van der Waals surface area contributed by atoms with Gasteiger partial charge in [-0.3, -0.25) is 4.79 Å². The fourth-order valence-corrected chi connectivity index (χ4v) is 5.51. The van der Waals surface area contributed by atoms with Crippen LogP contribution >= 0.6 is 0 Å². The van der Waals surface area contributed by atoms with Crippen molar-refractivity contribution in [1.82, 2.24) is 4.90 Å². The third kappa shape index (κ3) is 5.16. The van der Waals surface area contributed by atoms with Gasteiger partial charge in [0.25, 0.3) is 0 Å². The van der Waals surface area contributed by atoms with Crippen LogP contribution < -0.4 is 11.1 Å². The van der Waals surface area contributed by atoms with E-state index in [1.165, 1.54) is 16.7 Å². The van der Waals surface area contributed by atoms with Crippen LogP contribution in [0.5, 0.6) is 0 Å². The molecule has 0 radical (unpaired) electrons. The summed E-state index contributed by atoms with van der Waals surface area (Å²) >= 11 is 0. The molecule has 1 aliphatic heterocycles. The molecule has 5 atom stereocenters. The molecule has 5 heteroatoms. The standard InChI is InChI=1S/C27H37N3O2/c1-18-14-22(31)10-9-21(18)17-24(28)27(32)30(2)26-12-13-29-25-11-8-20(16-23(25)26)15-19-6-4-3-5-7-19/h3-8,11,16,18,21-22,24,26,29,31H,9-10,12-15,17,28H2,1-2H3. The van der Waals surface area contributed by atoms with E-state index in [0.717, 1.165) is 44.3 Å². The number of fused-ring (bicyclic) bond motifs is 1. The number of hydrogen-bond acceptors (Lipinski definition) is 4. The topological polar surface area (TPSA) is 78.6 Å². The second-order valence-electron chi connectivity index (χ2n) is 9.81. The summed E-state index contributed by atoms with van der Waals surface area (Å²) in [6.45, 7) is 3.02. The number of carbonyl (C=O) groups is 1. The Bertz CT molecular complexity index is 916. The highest BCUT2D eigenvalue weighted by Gasteiger charge is 2.33. The monoisotopic (exact) mass is 435 g/mol. The Hall–Kier alpha value is -2.37. The average molecular weight is 436 g/mol. The summed E-state index contributed by atoms with van der Waals surface area (Å²) in [6, 6.07) is 16.6. The minimum Gasteiger partial charge on any atom is -0.393 e. The van der Waals surface area contributed by atoms with E-state index in [9.17, 15) is 9.90 Å². The summed E-state index contributed by atoms with van der Waals surface area (Å²) in [5.74, 6) is 0.834. The van der Waals surface area contributed by atoms with E-state index in [-0.39, 0.29) is 18.1 Å². The van der Waals surface area contributed by atoms with Gasteiger partial charge >= 0.3 is 0 Å². The first-order valence-corrected chi connectivity index (χ1v) is 12.0. The number of aliphatic hydroxyl groups excluding tert-OH is 1. The second-order valence-corrected chi connectivity index (χ2v) is 9.81. The van der Waals surface area contributed by atoms with E-state index in [2.05, 4.69) is 54.7 Å². The Morgan fingerprint density at radius 2 is 1.94 bits per heavy atom. The number of likely N-dealkylation sites (N-methyl/N-ethyl adjacent to an activating group) is 1. The van der Waals surface area contributed by atoms with Crippen LogP contribution in [0.4, 0.5) is 5.69 Å². The van der Waals surface area contributed by atoms with Crippen LogP contribution in [0.15, 0.2) is 48.5 Å². The van der Waals surface area contributed by atoms with Gasteiger partial charge in [-0.05, 0) is 73.1 Å². The van der Waals surface area contributed by atoms with Gasteiger partial charge in [-0.25, -0.2) is 0 Å². The van der Waals surface area contributed by atoms with Gasteiger partial charge in [0.1, 0.15) is 0 Å². The molecule has 2 aromatic rings. The molecule has 0 bridgehead atoms. The van der Waals surface area contributed by atoms with E-state index in [1.54, 1.807) is 0 Å². The largest absolute Gasteiger partial charge is 0.393 e. The fourth-order valence-electron chi connectivity index (χ4n) is 5.51. The first-order valence-electron chi connectivity index (χ1n) is 12.0. The summed E-state index contributed by atoms with van der Waals surface area (Å²) in [6.07, 6.45) is 4.83. The summed E-state index contributed by atoms with van der Waals surface area (Å²) in [5, 5.41) is 13.4. The maximum Gasteiger partial charge on any atom is 0.239 e. The number of nitrogens with one attached hydrogen (secondary N) is 1. The van der Waals surface area contributed by atoms with Gasteiger partial charge in [-0.15, -0.1) is 0 Å². The molecule has 5 nitrogen and oxygen atoms in total. The number of nitrogens with zero attached hydrogens (tertiary/aromatic N) is 1. The number of nitrogens with two attached hydrogens (primary N) is 1. The van der Waals surface area contributed by atoms with Gasteiger partial charge in [-0.2, -0.15) is 0 Å². The van der Waals surface area contributed by atoms with Crippen LogP contribution in [0.3, 0.4) is 0 Å². The minimum absolute atomic E-state index is 0.0228. The number of hydrogen-bond donors (Lipinski definition) is 3. The van der Waals surface area contributed by atoms with Crippen molar-refractivity contribution in [3.63, 3.8) is 0 Å². The Morgan fingerprint density at radius 1 is 1.16 bits per heavy atom. The molecule has 2 aromatic carbocycles. The van der Waals surface area contributed by atoms with E-state index < -0.39 is 6.04 Å². The van der Waals surface area contributed by atoms with E-state index >= 15 is 0 Å². The van der Waals surface area contributed by atoms with Crippen LogP contribution in [0.25, 0.3) is 0 Å². The van der Waals surface area contributed by atoms with Crippen LogP contribution in [0.1, 0.15) is 61.8 Å². The van der Waals surface area contributed by atoms with Gasteiger partial charge < -0.3 is 21.1 Å². The lowest BCUT2D eigenvalue weighted by Crippen LogP contribution is -2.46. The second kappa shape index (κ2) is 10.1. The zero-order valence-electron chi connectivity index (χ0n) is 19.3. The molecule has 0 saturated heterocycles. The number of benzene rings is 2. The number of carbonyl (C=O) groups excluding carboxylic acids is 1. The van der Waals surface area contributed by atoms with E-state index in [1.807, 2.05) is 18.0 Å². The van der Waals surface area contributed by atoms with Gasteiger partial charge in [0, 0.05) is 19.3 Å². The van der Waals surface area contributed by atoms with Gasteiger partial charge in [-0.1, -0.05) is 49.4 Å². The Kier molecular flexibility index (Phi) is 7.17. The average Bonchev–Trinajstić information content (AvgIpc) is 2.80. The lowest BCUT2D eigenvalue weighted by atomic mass is 9.76. The van der Waals surface area contributed by atoms with E-state index in [0.29, 0.717) is 18.3 Å². The number of aliphatic hydroxyl groups is 1. The molecule has 32 heavy (non-hydrogen) atoms. The molecule has 0 aromatic heterocycles. The summed E-state index contributed by atoms with van der Waals surface area (Å²) in [4.78, 5) is 15.2.